The lowest BCUT2D eigenvalue weighted by Gasteiger charge is -2.28. The number of hydrogen-bond acceptors (Lipinski definition) is 4. The fraction of sp³-hybridized carbons (Fsp3) is 0.833. The number of rotatable bonds is 9. The van der Waals surface area contributed by atoms with Gasteiger partial charge in [-0.05, 0) is 31.1 Å². The van der Waals surface area contributed by atoms with Gasteiger partial charge in [0, 0.05) is 18.8 Å². The first-order valence-corrected chi connectivity index (χ1v) is 9.00. The van der Waals surface area contributed by atoms with Crippen LogP contribution in [0.5, 0.6) is 0 Å². The molecule has 0 aliphatic heterocycles. The number of hydrogen-bond donors (Lipinski definition) is 2. The van der Waals surface area contributed by atoms with Crippen LogP contribution >= 0.6 is 23.5 Å². The van der Waals surface area contributed by atoms with E-state index in [0.29, 0.717) is 12.2 Å². The summed E-state index contributed by atoms with van der Waals surface area (Å²) in [5.41, 5.74) is 0. The minimum Gasteiger partial charge on any atom is -0.480 e. The van der Waals surface area contributed by atoms with Crippen molar-refractivity contribution in [2.75, 3.05) is 31.1 Å². The molecule has 0 spiro atoms. The molecule has 0 aliphatic rings. The van der Waals surface area contributed by atoms with E-state index in [-0.39, 0.29) is 12.1 Å². The molecule has 0 heterocycles. The lowest BCUT2D eigenvalue weighted by atomic mass is 10.2. The second-order valence-electron chi connectivity index (χ2n) is 4.25. The molecule has 2 atom stereocenters. The maximum atomic E-state index is 12.0. The Morgan fingerprint density at radius 3 is 2.37 bits per heavy atom. The quantitative estimate of drug-likeness (QED) is 0.681. The predicted octanol–water partition coefficient (Wildman–Crippen LogP) is 1.98. The standard InChI is InChI=1S/C12H24N2O3S2/c1-5-9(8-19-4)14(2)12(17)13-10(11(15)16)6-7-18-3/h9-10H,5-8H2,1-4H3,(H,13,17)(H,15,16)/t9?,10-/m0/s1. The number of carbonyl (C=O) groups excluding carboxylic acids is 1. The van der Waals surface area contributed by atoms with Crippen LogP contribution < -0.4 is 5.32 Å². The molecular formula is C12H24N2O3S2. The number of urea groups is 1. The van der Waals surface area contributed by atoms with Gasteiger partial charge in [0.15, 0.2) is 0 Å². The number of carboxylic acid groups (broad SMARTS) is 1. The third-order valence-corrected chi connectivity index (χ3v) is 4.27. The van der Waals surface area contributed by atoms with Crippen LogP contribution in [-0.2, 0) is 4.79 Å². The Morgan fingerprint density at radius 2 is 1.95 bits per heavy atom. The van der Waals surface area contributed by atoms with Crippen molar-refractivity contribution in [2.45, 2.75) is 31.8 Å². The molecule has 0 aromatic heterocycles. The highest BCUT2D eigenvalue weighted by Gasteiger charge is 2.24. The first-order valence-electron chi connectivity index (χ1n) is 6.21. The van der Waals surface area contributed by atoms with Crippen LogP contribution in [0.2, 0.25) is 0 Å². The van der Waals surface area contributed by atoms with Gasteiger partial charge in [-0.3, -0.25) is 0 Å². The van der Waals surface area contributed by atoms with E-state index in [1.165, 1.54) is 0 Å². The molecule has 0 saturated carbocycles. The molecular weight excluding hydrogens is 284 g/mol. The number of aliphatic carboxylic acids is 1. The summed E-state index contributed by atoms with van der Waals surface area (Å²) in [7, 11) is 1.72. The van der Waals surface area contributed by atoms with Gasteiger partial charge >= 0.3 is 12.0 Å². The summed E-state index contributed by atoms with van der Waals surface area (Å²) in [6.45, 7) is 2.02. The summed E-state index contributed by atoms with van der Waals surface area (Å²) in [6.07, 6.45) is 5.20. The highest BCUT2D eigenvalue weighted by Crippen LogP contribution is 2.09. The minimum absolute atomic E-state index is 0.130. The van der Waals surface area contributed by atoms with Gasteiger partial charge in [-0.15, -0.1) is 0 Å². The number of amides is 2. The van der Waals surface area contributed by atoms with Crippen molar-refractivity contribution in [1.82, 2.24) is 10.2 Å². The number of carbonyl (C=O) groups is 2. The molecule has 0 aliphatic carbocycles. The molecule has 5 nitrogen and oxygen atoms in total. The van der Waals surface area contributed by atoms with Crippen molar-refractivity contribution in [3.63, 3.8) is 0 Å². The number of thioether (sulfide) groups is 2. The molecule has 112 valence electrons. The van der Waals surface area contributed by atoms with E-state index in [9.17, 15) is 9.59 Å². The molecule has 0 aromatic rings. The number of nitrogens with one attached hydrogen (secondary N) is 1. The third kappa shape index (κ3) is 6.96. The molecule has 0 saturated heterocycles. The summed E-state index contributed by atoms with van der Waals surface area (Å²) in [5, 5.41) is 11.7. The second-order valence-corrected chi connectivity index (χ2v) is 6.15. The Bertz CT molecular complexity index is 290. The van der Waals surface area contributed by atoms with Crippen LogP contribution in [0.25, 0.3) is 0 Å². The summed E-state index contributed by atoms with van der Waals surface area (Å²) in [6, 6.07) is -0.992. The van der Waals surface area contributed by atoms with Gasteiger partial charge in [0.2, 0.25) is 0 Å². The molecule has 2 N–H and O–H groups in total. The fourth-order valence-corrected chi connectivity index (χ4v) is 2.92. The zero-order valence-electron chi connectivity index (χ0n) is 12.0. The average molecular weight is 308 g/mol. The smallest absolute Gasteiger partial charge is 0.326 e. The van der Waals surface area contributed by atoms with Gasteiger partial charge < -0.3 is 15.3 Å². The molecule has 0 fully saturated rings. The Hall–Kier alpha value is -0.560. The van der Waals surface area contributed by atoms with Gasteiger partial charge in [0.25, 0.3) is 0 Å². The van der Waals surface area contributed by atoms with Gasteiger partial charge in [-0.25, -0.2) is 9.59 Å². The maximum Gasteiger partial charge on any atom is 0.326 e. The zero-order chi connectivity index (χ0) is 14.8. The van der Waals surface area contributed by atoms with E-state index in [1.807, 2.05) is 19.4 Å². The Labute approximate surface area is 123 Å². The Balaban J connectivity index is 4.48. The van der Waals surface area contributed by atoms with E-state index in [0.717, 1.165) is 12.2 Å². The monoisotopic (exact) mass is 308 g/mol. The highest BCUT2D eigenvalue weighted by atomic mass is 32.2. The summed E-state index contributed by atoms with van der Waals surface area (Å²) in [5.74, 6) is 0.583. The second kappa shape index (κ2) is 10.3. The van der Waals surface area contributed by atoms with Crippen LogP contribution in [0.1, 0.15) is 19.8 Å². The predicted molar refractivity (Wildman–Crippen MR) is 83.2 cm³/mol. The van der Waals surface area contributed by atoms with E-state index < -0.39 is 12.0 Å². The Morgan fingerprint density at radius 1 is 1.32 bits per heavy atom. The zero-order valence-corrected chi connectivity index (χ0v) is 13.6. The van der Waals surface area contributed by atoms with Crippen molar-refractivity contribution in [3.8, 4) is 0 Å². The average Bonchev–Trinajstić information content (AvgIpc) is 2.39. The van der Waals surface area contributed by atoms with E-state index in [4.69, 9.17) is 5.11 Å². The van der Waals surface area contributed by atoms with Crippen molar-refractivity contribution in [3.05, 3.63) is 0 Å². The minimum atomic E-state index is -0.978. The van der Waals surface area contributed by atoms with Crippen LogP contribution in [0, 0.1) is 0 Å². The molecule has 0 bridgehead atoms. The molecule has 0 aromatic carbocycles. The van der Waals surface area contributed by atoms with Crippen molar-refractivity contribution in [2.24, 2.45) is 0 Å². The fourth-order valence-electron chi connectivity index (χ4n) is 1.61. The number of nitrogens with zero attached hydrogens (tertiary/aromatic N) is 1. The largest absolute Gasteiger partial charge is 0.480 e. The highest BCUT2D eigenvalue weighted by molar-refractivity contribution is 7.98. The first-order chi connectivity index (χ1) is 8.97. The molecule has 2 amide bonds. The SMILES string of the molecule is CCC(CSC)N(C)C(=O)N[C@@H](CCSC)C(=O)O. The maximum absolute atomic E-state index is 12.0. The van der Waals surface area contributed by atoms with Crippen LogP contribution in [0.15, 0.2) is 0 Å². The lowest BCUT2D eigenvalue weighted by molar-refractivity contribution is -0.139. The van der Waals surface area contributed by atoms with Crippen molar-refractivity contribution >= 4 is 35.5 Å². The van der Waals surface area contributed by atoms with E-state index >= 15 is 0 Å². The first kappa shape index (κ1) is 18.4. The summed E-state index contributed by atoms with van der Waals surface area (Å²) in [4.78, 5) is 24.7. The molecule has 1 unspecified atom stereocenters. The molecule has 0 rings (SSSR count). The van der Waals surface area contributed by atoms with E-state index in [1.54, 1.807) is 35.5 Å². The lowest BCUT2D eigenvalue weighted by Crippen LogP contribution is -2.50. The van der Waals surface area contributed by atoms with Gasteiger partial charge in [-0.2, -0.15) is 23.5 Å². The van der Waals surface area contributed by atoms with Crippen LogP contribution in [-0.4, -0.2) is 65.2 Å². The normalized spacial score (nSPS) is 13.7. The summed E-state index contributed by atoms with van der Waals surface area (Å²) >= 11 is 3.25. The molecule has 0 radical (unpaired) electrons. The van der Waals surface area contributed by atoms with Gasteiger partial charge in [0.1, 0.15) is 6.04 Å². The Kier molecular flexibility index (Phi) is 9.95. The molecule has 7 heteroatoms. The molecule has 19 heavy (non-hydrogen) atoms. The van der Waals surface area contributed by atoms with Crippen molar-refractivity contribution in [1.29, 1.82) is 0 Å². The number of carboxylic acids is 1. The summed E-state index contributed by atoms with van der Waals surface area (Å²) < 4.78 is 0. The topological polar surface area (TPSA) is 69.6 Å². The van der Waals surface area contributed by atoms with Gasteiger partial charge in [0.05, 0.1) is 0 Å². The van der Waals surface area contributed by atoms with E-state index in [2.05, 4.69) is 5.32 Å². The van der Waals surface area contributed by atoms with Gasteiger partial charge in [-0.1, -0.05) is 6.92 Å². The third-order valence-electron chi connectivity index (χ3n) is 2.90. The van der Waals surface area contributed by atoms with Crippen LogP contribution in [0.3, 0.4) is 0 Å². The van der Waals surface area contributed by atoms with Crippen molar-refractivity contribution < 1.29 is 14.7 Å². The van der Waals surface area contributed by atoms with Crippen LogP contribution in [0.4, 0.5) is 4.79 Å².